The highest BCUT2D eigenvalue weighted by Gasteiger charge is 2.13. The number of fused-ring (bicyclic) bond motifs is 1. The molecule has 6 heteroatoms. The van der Waals surface area contributed by atoms with Crippen LogP contribution in [0.1, 0.15) is 19.7 Å². The third-order valence-electron chi connectivity index (χ3n) is 3.52. The zero-order valence-electron chi connectivity index (χ0n) is 11.7. The van der Waals surface area contributed by atoms with Crippen LogP contribution in [0.15, 0.2) is 12.1 Å². The number of imidazole rings is 1. The molecule has 0 spiro atoms. The maximum Gasteiger partial charge on any atom is 0.124 e. The number of aromatic nitrogens is 2. The second-order valence-electron chi connectivity index (χ2n) is 4.60. The van der Waals surface area contributed by atoms with E-state index in [2.05, 4.69) is 28.3 Å². The Morgan fingerprint density at radius 1 is 1.15 bits per heavy atom. The van der Waals surface area contributed by atoms with E-state index < -0.39 is 0 Å². The summed E-state index contributed by atoms with van der Waals surface area (Å²) in [4.78, 5) is 6.89. The molecule has 1 aromatic carbocycles. The van der Waals surface area contributed by atoms with E-state index in [9.17, 15) is 0 Å². The molecule has 0 N–H and O–H groups in total. The summed E-state index contributed by atoms with van der Waals surface area (Å²) in [7, 11) is 0. The molecule has 0 saturated carbocycles. The molecule has 0 aliphatic heterocycles. The Labute approximate surface area is 134 Å². The minimum Gasteiger partial charge on any atom is -0.326 e. The molecule has 1 heterocycles. The Morgan fingerprint density at radius 3 is 2.40 bits per heavy atom. The van der Waals surface area contributed by atoms with Crippen molar-refractivity contribution in [3.8, 4) is 0 Å². The Balaban J connectivity index is 2.37. The maximum absolute atomic E-state index is 6.11. The summed E-state index contributed by atoms with van der Waals surface area (Å²) < 4.78 is 2.13. The first-order valence-electron chi connectivity index (χ1n) is 6.73. The van der Waals surface area contributed by atoms with Crippen molar-refractivity contribution in [1.82, 2.24) is 14.5 Å². The van der Waals surface area contributed by atoms with Gasteiger partial charge in [-0.1, -0.05) is 37.0 Å². The number of hydrogen-bond donors (Lipinski definition) is 0. The van der Waals surface area contributed by atoms with E-state index in [1.165, 1.54) is 0 Å². The maximum atomic E-state index is 6.11. The predicted molar refractivity (Wildman–Crippen MR) is 87.1 cm³/mol. The third kappa shape index (κ3) is 3.22. The molecular formula is C14H18Cl3N3. The number of likely N-dealkylation sites (N-methyl/N-ethyl adjacent to an activating group) is 1. The molecule has 0 amide bonds. The van der Waals surface area contributed by atoms with Crippen LogP contribution in [0.25, 0.3) is 11.0 Å². The van der Waals surface area contributed by atoms with E-state index in [0.29, 0.717) is 15.9 Å². The van der Waals surface area contributed by atoms with E-state index in [1.807, 2.05) is 6.07 Å². The van der Waals surface area contributed by atoms with Crippen molar-refractivity contribution >= 4 is 45.8 Å². The van der Waals surface area contributed by atoms with Crippen LogP contribution in [0.2, 0.25) is 10.0 Å². The van der Waals surface area contributed by atoms with Gasteiger partial charge in [-0.25, -0.2) is 4.98 Å². The van der Waals surface area contributed by atoms with Gasteiger partial charge in [0.2, 0.25) is 0 Å². The van der Waals surface area contributed by atoms with Crippen LogP contribution < -0.4 is 0 Å². The highest BCUT2D eigenvalue weighted by atomic mass is 35.5. The first kappa shape index (κ1) is 15.9. The smallest absolute Gasteiger partial charge is 0.124 e. The Bertz CT molecular complexity index is 591. The molecule has 0 unspecified atom stereocenters. The minimum absolute atomic E-state index is 0.377. The van der Waals surface area contributed by atoms with Gasteiger partial charge in [-0.15, -0.1) is 11.6 Å². The molecule has 0 aliphatic rings. The van der Waals surface area contributed by atoms with E-state index in [0.717, 1.165) is 43.0 Å². The summed E-state index contributed by atoms with van der Waals surface area (Å²) in [5, 5.41) is 1.07. The third-order valence-corrected chi connectivity index (χ3v) is 4.48. The number of hydrogen-bond acceptors (Lipinski definition) is 2. The average Bonchev–Trinajstić information content (AvgIpc) is 2.78. The molecule has 0 radical (unpaired) electrons. The number of nitrogens with zero attached hydrogens (tertiary/aromatic N) is 3. The van der Waals surface area contributed by atoms with Crippen LogP contribution in [-0.2, 0) is 12.4 Å². The number of benzene rings is 1. The molecule has 3 nitrogen and oxygen atoms in total. The van der Waals surface area contributed by atoms with Crippen LogP contribution in [0, 0.1) is 0 Å². The highest BCUT2D eigenvalue weighted by molar-refractivity contribution is 6.42. The molecule has 110 valence electrons. The summed E-state index contributed by atoms with van der Waals surface area (Å²) in [6, 6.07) is 3.66. The molecule has 2 aromatic rings. The molecular weight excluding hydrogens is 317 g/mol. The lowest BCUT2D eigenvalue weighted by Crippen LogP contribution is -2.27. The summed E-state index contributed by atoms with van der Waals surface area (Å²) in [6.45, 7) is 8.20. The van der Waals surface area contributed by atoms with Crippen LogP contribution >= 0.6 is 34.8 Å². The molecule has 0 bridgehead atoms. The molecule has 0 aliphatic carbocycles. The van der Waals surface area contributed by atoms with Crippen molar-refractivity contribution in [2.45, 2.75) is 26.3 Å². The number of alkyl halides is 1. The Kier molecular flexibility index (Phi) is 5.56. The quantitative estimate of drug-likeness (QED) is 0.729. The Morgan fingerprint density at radius 2 is 1.80 bits per heavy atom. The van der Waals surface area contributed by atoms with Gasteiger partial charge in [-0.2, -0.15) is 0 Å². The lowest BCUT2D eigenvalue weighted by atomic mass is 10.3. The van der Waals surface area contributed by atoms with Crippen LogP contribution in [0.5, 0.6) is 0 Å². The summed E-state index contributed by atoms with van der Waals surface area (Å²) in [6.07, 6.45) is 0. The zero-order chi connectivity index (χ0) is 14.7. The SMILES string of the molecule is CCN(CC)CCn1c(CCl)nc2cc(Cl)c(Cl)cc21. The topological polar surface area (TPSA) is 21.1 Å². The van der Waals surface area contributed by atoms with Gasteiger partial charge in [-0.3, -0.25) is 0 Å². The van der Waals surface area contributed by atoms with Gasteiger partial charge in [-0.05, 0) is 25.2 Å². The van der Waals surface area contributed by atoms with Gasteiger partial charge >= 0.3 is 0 Å². The first-order valence-corrected chi connectivity index (χ1v) is 8.02. The lowest BCUT2D eigenvalue weighted by molar-refractivity contribution is 0.291. The van der Waals surface area contributed by atoms with Gasteiger partial charge < -0.3 is 9.47 Å². The van der Waals surface area contributed by atoms with Gasteiger partial charge in [0.1, 0.15) is 5.82 Å². The van der Waals surface area contributed by atoms with Gasteiger partial charge in [0.25, 0.3) is 0 Å². The summed E-state index contributed by atoms with van der Waals surface area (Å²) >= 11 is 18.2. The molecule has 0 fully saturated rings. The van der Waals surface area contributed by atoms with E-state index in [-0.39, 0.29) is 0 Å². The van der Waals surface area contributed by atoms with Crippen molar-refractivity contribution in [2.75, 3.05) is 19.6 Å². The van der Waals surface area contributed by atoms with E-state index in [1.54, 1.807) is 6.07 Å². The minimum atomic E-state index is 0.377. The standard InChI is InChI=1S/C14H18Cl3N3/c1-3-19(4-2)5-6-20-13-8-11(17)10(16)7-12(13)18-14(20)9-15/h7-8H,3-6,9H2,1-2H3. The summed E-state index contributed by atoms with van der Waals surface area (Å²) in [5.41, 5.74) is 1.83. The van der Waals surface area contributed by atoms with Gasteiger partial charge in [0.05, 0.1) is 27.0 Å². The Hall–Kier alpha value is -0.480. The highest BCUT2D eigenvalue weighted by Crippen LogP contribution is 2.28. The van der Waals surface area contributed by atoms with E-state index >= 15 is 0 Å². The van der Waals surface area contributed by atoms with Crippen LogP contribution in [0.4, 0.5) is 0 Å². The van der Waals surface area contributed by atoms with Gasteiger partial charge in [0, 0.05) is 13.1 Å². The van der Waals surface area contributed by atoms with Crippen molar-refractivity contribution in [3.63, 3.8) is 0 Å². The van der Waals surface area contributed by atoms with Crippen LogP contribution in [0.3, 0.4) is 0 Å². The molecule has 0 atom stereocenters. The number of rotatable bonds is 6. The average molecular weight is 335 g/mol. The summed E-state index contributed by atoms with van der Waals surface area (Å²) in [5.74, 6) is 1.23. The van der Waals surface area contributed by atoms with Crippen molar-refractivity contribution in [3.05, 3.63) is 28.0 Å². The first-order chi connectivity index (χ1) is 9.60. The molecule has 20 heavy (non-hydrogen) atoms. The van der Waals surface area contributed by atoms with Crippen molar-refractivity contribution in [1.29, 1.82) is 0 Å². The zero-order valence-corrected chi connectivity index (χ0v) is 13.9. The fourth-order valence-electron chi connectivity index (χ4n) is 2.30. The lowest BCUT2D eigenvalue weighted by Gasteiger charge is -2.19. The monoisotopic (exact) mass is 333 g/mol. The normalized spacial score (nSPS) is 11.7. The molecule has 2 rings (SSSR count). The fraction of sp³-hybridized carbons (Fsp3) is 0.500. The number of halogens is 3. The largest absolute Gasteiger partial charge is 0.326 e. The van der Waals surface area contributed by atoms with Gasteiger partial charge in [0.15, 0.2) is 0 Å². The van der Waals surface area contributed by atoms with Crippen molar-refractivity contribution in [2.24, 2.45) is 0 Å². The van der Waals surface area contributed by atoms with Crippen molar-refractivity contribution < 1.29 is 0 Å². The van der Waals surface area contributed by atoms with Crippen LogP contribution in [-0.4, -0.2) is 34.1 Å². The second kappa shape index (κ2) is 6.99. The van der Waals surface area contributed by atoms with E-state index in [4.69, 9.17) is 34.8 Å². The fourth-order valence-corrected chi connectivity index (χ4v) is 2.82. The molecule has 0 saturated heterocycles. The second-order valence-corrected chi connectivity index (χ2v) is 5.68. The predicted octanol–water partition coefficient (Wildman–Crippen LogP) is 4.42. The molecule has 1 aromatic heterocycles.